The van der Waals surface area contributed by atoms with E-state index in [0.29, 0.717) is 31.4 Å². The van der Waals surface area contributed by atoms with Crippen molar-refractivity contribution in [2.24, 2.45) is 5.18 Å². The first-order valence-corrected chi connectivity index (χ1v) is 10.1. The summed E-state index contributed by atoms with van der Waals surface area (Å²) in [7, 11) is 0. The molecule has 1 saturated carbocycles. The van der Waals surface area contributed by atoms with Crippen LogP contribution < -0.4 is 10.1 Å². The van der Waals surface area contributed by atoms with Crippen molar-refractivity contribution in [2.45, 2.75) is 37.8 Å². The molecule has 2 aromatic carbocycles. The van der Waals surface area contributed by atoms with Gasteiger partial charge in [-0.25, -0.2) is 0 Å². The number of aromatic nitrogens is 1. The van der Waals surface area contributed by atoms with E-state index in [2.05, 4.69) is 15.7 Å². The Hall–Kier alpha value is -3.92. The second-order valence-corrected chi connectivity index (χ2v) is 7.58. The molecule has 1 amide bonds. The molecule has 0 unspecified atom stereocenters. The molecule has 1 aromatic heterocycles. The minimum atomic E-state index is -0.431. The van der Waals surface area contributed by atoms with Crippen LogP contribution in [0.2, 0.25) is 0 Å². The summed E-state index contributed by atoms with van der Waals surface area (Å²) in [6.45, 7) is 0. The molecule has 0 aliphatic heterocycles. The highest BCUT2D eigenvalue weighted by atomic mass is 16.5. The summed E-state index contributed by atoms with van der Waals surface area (Å²) < 4.78 is 11.0. The largest absolute Gasteiger partial charge is 0.508 e. The quantitative estimate of drug-likeness (QED) is 0.421. The van der Waals surface area contributed by atoms with Crippen molar-refractivity contribution in [3.8, 4) is 34.3 Å². The van der Waals surface area contributed by atoms with Gasteiger partial charge >= 0.3 is 0 Å². The van der Waals surface area contributed by atoms with Crippen LogP contribution >= 0.6 is 0 Å². The van der Waals surface area contributed by atoms with Gasteiger partial charge < -0.3 is 29.9 Å². The van der Waals surface area contributed by atoms with E-state index in [9.17, 15) is 25.0 Å². The van der Waals surface area contributed by atoms with E-state index >= 15 is 0 Å². The molecule has 0 saturated heterocycles. The molecule has 166 valence electrons. The maximum atomic E-state index is 12.6. The predicted octanol–water partition coefficient (Wildman–Crippen LogP) is 3.98. The van der Waals surface area contributed by atoms with Crippen LogP contribution in [0.3, 0.4) is 0 Å². The van der Waals surface area contributed by atoms with Gasteiger partial charge in [-0.05, 0) is 55.1 Å². The van der Waals surface area contributed by atoms with Crippen LogP contribution in [0.5, 0.6) is 23.0 Å². The highest BCUT2D eigenvalue weighted by Crippen LogP contribution is 2.43. The Labute approximate surface area is 182 Å². The molecule has 1 aliphatic rings. The Balaban J connectivity index is 1.57. The van der Waals surface area contributed by atoms with Gasteiger partial charge in [0.15, 0.2) is 11.5 Å². The van der Waals surface area contributed by atoms with Crippen LogP contribution in [-0.4, -0.2) is 38.5 Å². The van der Waals surface area contributed by atoms with Gasteiger partial charge in [-0.1, -0.05) is 5.16 Å². The lowest BCUT2D eigenvalue weighted by atomic mass is 9.93. The van der Waals surface area contributed by atoms with E-state index < -0.39 is 5.91 Å². The van der Waals surface area contributed by atoms with Gasteiger partial charge in [0.25, 0.3) is 5.91 Å². The second-order valence-electron chi connectivity index (χ2n) is 7.58. The van der Waals surface area contributed by atoms with Gasteiger partial charge in [0.2, 0.25) is 0 Å². The first-order chi connectivity index (χ1) is 15.4. The van der Waals surface area contributed by atoms with E-state index in [-0.39, 0.29) is 52.1 Å². The van der Waals surface area contributed by atoms with Crippen LogP contribution in [0.15, 0.2) is 52.2 Å². The summed E-state index contributed by atoms with van der Waals surface area (Å²) in [4.78, 5) is 23.1. The fourth-order valence-electron chi connectivity index (χ4n) is 3.60. The fourth-order valence-corrected chi connectivity index (χ4v) is 3.60. The lowest BCUT2D eigenvalue weighted by molar-refractivity contribution is 0.0859. The number of hydrogen-bond donors (Lipinski definition) is 4. The number of nitrogens with one attached hydrogen (secondary N) is 1. The zero-order valence-corrected chi connectivity index (χ0v) is 16.9. The van der Waals surface area contributed by atoms with Gasteiger partial charge in [-0.3, -0.25) is 4.79 Å². The Kier molecular flexibility index (Phi) is 6.04. The summed E-state index contributed by atoms with van der Waals surface area (Å²) in [6, 6.07) is 9.59. The summed E-state index contributed by atoms with van der Waals surface area (Å²) in [5.74, 6) is -0.578. The van der Waals surface area contributed by atoms with Crippen molar-refractivity contribution in [3.05, 3.63) is 53.1 Å². The number of phenolic OH excluding ortho intramolecular Hbond substituents is 2. The van der Waals surface area contributed by atoms with Gasteiger partial charge in [0.05, 0.1) is 6.10 Å². The molecule has 32 heavy (non-hydrogen) atoms. The summed E-state index contributed by atoms with van der Waals surface area (Å²) >= 11 is 0. The third-order valence-corrected chi connectivity index (χ3v) is 5.26. The van der Waals surface area contributed by atoms with Crippen molar-refractivity contribution in [3.63, 3.8) is 0 Å². The van der Waals surface area contributed by atoms with Gasteiger partial charge in [-0.2, -0.15) is 0 Å². The summed E-state index contributed by atoms with van der Waals surface area (Å²) in [5, 5.41) is 39.4. The van der Waals surface area contributed by atoms with Crippen LogP contribution in [-0.2, 0) is 0 Å². The lowest BCUT2D eigenvalue weighted by Crippen LogP contribution is -2.38. The molecule has 4 rings (SSSR count). The smallest absolute Gasteiger partial charge is 0.273 e. The minimum Gasteiger partial charge on any atom is -0.508 e. The number of phenols is 2. The minimum absolute atomic E-state index is 0.0194. The molecule has 1 fully saturated rings. The summed E-state index contributed by atoms with van der Waals surface area (Å²) in [5.41, 5.74) is 0.327. The molecular formula is C22H21N3O7. The van der Waals surface area contributed by atoms with Crippen molar-refractivity contribution in [1.29, 1.82) is 0 Å². The number of ether oxygens (including phenoxy) is 1. The number of carbonyl (C=O) groups is 1. The van der Waals surface area contributed by atoms with Crippen LogP contribution in [0.4, 0.5) is 5.69 Å². The molecule has 10 heteroatoms. The number of nitroso groups, excluding NO2 is 1. The number of carbonyl (C=O) groups excluding carboxylic acids is 1. The number of hydrogen-bond acceptors (Lipinski definition) is 9. The monoisotopic (exact) mass is 439 g/mol. The number of aromatic hydroxyl groups is 2. The molecule has 10 nitrogen and oxygen atoms in total. The van der Waals surface area contributed by atoms with Crippen LogP contribution in [0, 0.1) is 4.91 Å². The van der Waals surface area contributed by atoms with Gasteiger partial charge in [0.1, 0.15) is 34.2 Å². The van der Waals surface area contributed by atoms with Crippen molar-refractivity contribution in [2.75, 3.05) is 0 Å². The number of benzene rings is 2. The van der Waals surface area contributed by atoms with Crippen molar-refractivity contribution >= 4 is 11.6 Å². The number of amides is 1. The highest BCUT2D eigenvalue weighted by molar-refractivity contribution is 5.93. The Morgan fingerprint density at radius 1 is 1.09 bits per heavy atom. The normalized spacial score (nSPS) is 18.2. The van der Waals surface area contributed by atoms with Gasteiger partial charge in [-0.15, -0.1) is 4.91 Å². The molecule has 0 atom stereocenters. The topological polar surface area (TPSA) is 154 Å². The molecule has 0 radical (unpaired) electrons. The van der Waals surface area contributed by atoms with E-state index in [4.69, 9.17) is 9.26 Å². The Bertz CT molecular complexity index is 1120. The zero-order valence-electron chi connectivity index (χ0n) is 16.9. The van der Waals surface area contributed by atoms with Crippen LogP contribution in [0.25, 0.3) is 11.3 Å². The van der Waals surface area contributed by atoms with Crippen LogP contribution in [0.1, 0.15) is 36.2 Å². The van der Waals surface area contributed by atoms with E-state index in [1.54, 1.807) is 0 Å². The van der Waals surface area contributed by atoms with E-state index in [0.717, 1.165) is 6.07 Å². The van der Waals surface area contributed by atoms with E-state index in [1.807, 2.05) is 0 Å². The first kappa shape index (κ1) is 21.3. The standard InChI is InChI=1S/C22H21N3O7/c26-14-5-1-12(2-6-14)23-22(29)17-11-20(32-25-17)21-18(28)9-15(27)10-19(21)31-16-7-3-13(24-30)4-8-16/h3-4,7-12,14,26-28H,1-2,5-6H2,(H,23,29). The molecule has 0 bridgehead atoms. The average Bonchev–Trinajstić information content (AvgIpc) is 3.25. The van der Waals surface area contributed by atoms with Crippen molar-refractivity contribution < 1.29 is 29.4 Å². The maximum absolute atomic E-state index is 12.6. The SMILES string of the molecule is O=Nc1ccc(Oc2cc(O)cc(O)c2-c2cc(C(=O)NC3CCC(O)CC3)no2)cc1. The number of aliphatic hydroxyl groups is 1. The molecule has 0 spiro atoms. The fraction of sp³-hybridized carbons (Fsp3) is 0.273. The summed E-state index contributed by atoms with van der Waals surface area (Å²) in [6.07, 6.45) is 2.27. The second kappa shape index (κ2) is 9.06. The Morgan fingerprint density at radius 2 is 1.81 bits per heavy atom. The number of aliphatic hydroxyl groups excluding tert-OH is 1. The molecule has 1 aliphatic carbocycles. The first-order valence-electron chi connectivity index (χ1n) is 10.1. The third kappa shape index (κ3) is 4.70. The lowest BCUT2D eigenvalue weighted by Gasteiger charge is -2.25. The average molecular weight is 439 g/mol. The predicted molar refractivity (Wildman–Crippen MR) is 113 cm³/mol. The maximum Gasteiger partial charge on any atom is 0.273 e. The van der Waals surface area contributed by atoms with E-state index in [1.165, 1.54) is 36.4 Å². The molecular weight excluding hydrogens is 418 g/mol. The number of rotatable bonds is 6. The van der Waals surface area contributed by atoms with Gasteiger partial charge in [0, 0.05) is 24.2 Å². The highest BCUT2D eigenvalue weighted by Gasteiger charge is 2.25. The third-order valence-electron chi connectivity index (χ3n) is 5.26. The molecule has 4 N–H and O–H groups in total. The molecule has 1 heterocycles. The molecule has 3 aromatic rings. The number of nitrogens with zero attached hydrogens (tertiary/aromatic N) is 2. The Morgan fingerprint density at radius 3 is 2.50 bits per heavy atom. The van der Waals surface area contributed by atoms with Crippen molar-refractivity contribution in [1.82, 2.24) is 10.5 Å². The zero-order chi connectivity index (χ0) is 22.7.